The van der Waals surface area contributed by atoms with Gasteiger partial charge in [-0.1, -0.05) is 37.3 Å². The molecule has 1 aromatic carbocycles. The summed E-state index contributed by atoms with van der Waals surface area (Å²) in [7, 11) is 0. The van der Waals surface area contributed by atoms with Gasteiger partial charge in [-0.15, -0.1) is 10.1 Å². The summed E-state index contributed by atoms with van der Waals surface area (Å²) >= 11 is 0. The third kappa shape index (κ3) is 7.09. The number of hydrogen-bond donors (Lipinski definition) is 0. The first-order valence-electron chi connectivity index (χ1n) is 4.51. The minimum atomic E-state index is -0.819. The molecule has 1 rings (SSSR count). The van der Waals surface area contributed by atoms with Crippen molar-refractivity contribution in [2.24, 2.45) is 0 Å². The highest BCUT2D eigenvalue weighted by molar-refractivity contribution is 5.13. The van der Waals surface area contributed by atoms with Crippen molar-refractivity contribution in [1.82, 2.24) is 0 Å². The summed E-state index contributed by atoms with van der Waals surface area (Å²) in [6, 6.07) is 10.5. The molecule has 0 spiro atoms. The minimum Gasteiger partial charge on any atom is -0.314 e. The first-order chi connectivity index (χ1) is 6.70. The molecule has 0 saturated carbocycles. The van der Waals surface area contributed by atoms with Crippen LogP contribution in [0.25, 0.3) is 0 Å². The Labute approximate surface area is 83.6 Å². The number of aryl methyl sites for hydroxylation is 1. The van der Waals surface area contributed by atoms with Gasteiger partial charge in [-0.3, -0.25) is 0 Å². The van der Waals surface area contributed by atoms with Crippen LogP contribution in [0, 0.1) is 10.1 Å². The normalized spacial score (nSPS) is 8.43. The van der Waals surface area contributed by atoms with E-state index in [2.05, 4.69) is 36.0 Å². The van der Waals surface area contributed by atoms with E-state index in [0.29, 0.717) is 0 Å². The molecule has 14 heavy (non-hydrogen) atoms. The molecule has 0 amide bonds. The highest BCUT2D eigenvalue weighted by atomic mass is 16.9. The highest BCUT2D eigenvalue weighted by Gasteiger charge is 1.83. The van der Waals surface area contributed by atoms with Crippen LogP contribution in [0.2, 0.25) is 0 Å². The molecule has 0 aliphatic rings. The van der Waals surface area contributed by atoms with Gasteiger partial charge in [-0.25, -0.2) is 0 Å². The van der Waals surface area contributed by atoms with Crippen LogP contribution < -0.4 is 0 Å². The second-order valence-corrected chi connectivity index (χ2v) is 2.48. The van der Waals surface area contributed by atoms with Crippen LogP contribution in [0.15, 0.2) is 30.3 Å². The van der Waals surface area contributed by atoms with Gasteiger partial charge in [-0.05, 0) is 18.9 Å². The van der Waals surface area contributed by atoms with Crippen LogP contribution in [-0.4, -0.2) is 11.7 Å². The van der Waals surface area contributed by atoms with Crippen molar-refractivity contribution >= 4 is 0 Å². The van der Waals surface area contributed by atoms with Crippen molar-refractivity contribution in [1.29, 1.82) is 0 Å². The topological polar surface area (TPSA) is 52.4 Å². The largest absolute Gasteiger partial charge is 0.314 e. The predicted octanol–water partition coefficient (Wildman–Crippen LogP) is 2.46. The quantitative estimate of drug-likeness (QED) is 0.552. The van der Waals surface area contributed by atoms with E-state index in [0.717, 1.165) is 6.42 Å². The Morgan fingerprint density at radius 3 is 2.07 bits per heavy atom. The lowest BCUT2D eigenvalue weighted by Gasteiger charge is -1.89. The SMILES string of the molecule is CCO[N+](=O)[O-].CCc1ccccc1. The Morgan fingerprint density at radius 1 is 1.29 bits per heavy atom. The molecule has 0 saturated heterocycles. The molecular weight excluding hydrogens is 182 g/mol. The molecule has 0 aliphatic heterocycles. The molecule has 1 aromatic rings. The molecule has 0 atom stereocenters. The van der Waals surface area contributed by atoms with E-state index in [1.807, 2.05) is 6.07 Å². The van der Waals surface area contributed by atoms with Crippen LogP contribution in [0.1, 0.15) is 19.4 Å². The standard InChI is InChI=1S/C8H10.C2H5NO3/c1-2-8-6-4-3-5-7-8;1-2-6-3(4)5/h3-7H,2H2,1H3;2H2,1H3. The lowest BCUT2D eigenvalue weighted by atomic mass is 10.2. The van der Waals surface area contributed by atoms with Crippen molar-refractivity contribution in [3.05, 3.63) is 46.0 Å². The van der Waals surface area contributed by atoms with E-state index in [4.69, 9.17) is 0 Å². The molecule has 4 nitrogen and oxygen atoms in total. The zero-order valence-electron chi connectivity index (χ0n) is 8.47. The maximum absolute atomic E-state index is 9.18. The Balaban J connectivity index is 0.000000255. The average Bonchev–Trinajstić information content (AvgIpc) is 2.20. The number of nitrogens with zero attached hydrogens (tertiary/aromatic N) is 1. The van der Waals surface area contributed by atoms with Crippen LogP contribution in [-0.2, 0) is 11.3 Å². The predicted molar refractivity (Wildman–Crippen MR) is 54.4 cm³/mol. The van der Waals surface area contributed by atoms with Gasteiger partial charge in [0.2, 0.25) is 0 Å². The van der Waals surface area contributed by atoms with Crippen LogP contribution in [0.3, 0.4) is 0 Å². The fourth-order valence-corrected chi connectivity index (χ4v) is 0.819. The van der Waals surface area contributed by atoms with E-state index in [-0.39, 0.29) is 6.61 Å². The average molecular weight is 197 g/mol. The molecule has 0 aromatic heterocycles. The Hall–Kier alpha value is -1.58. The van der Waals surface area contributed by atoms with Crippen molar-refractivity contribution in [3.63, 3.8) is 0 Å². The van der Waals surface area contributed by atoms with Crippen LogP contribution >= 0.6 is 0 Å². The minimum absolute atomic E-state index is 0.132. The monoisotopic (exact) mass is 197 g/mol. The lowest BCUT2D eigenvalue weighted by Crippen LogP contribution is -1.97. The second-order valence-electron chi connectivity index (χ2n) is 2.48. The van der Waals surface area contributed by atoms with Crippen molar-refractivity contribution < 1.29 is 9.92 Å². The molecule has 0 radical (unpaired) electrons. The summed E-state index contributed by atoms with van der Waals surface area (Å²) in [5, 5.41) is 8.36. The van der Waals surface area contributed by atoms with Gasteiger partial charge in [0.15, 0.2) is 0 Å². The number of benzene rings is 1. The molecule has 0 fully saturated rings. The van der Waals surface area contributed by atoms with E-state index >= 15 is 0 Å². The number of rotatable bonds is 3. The molecule has 78 valence electrons. The fourth-order valence-electron chi connectivity index (χ4n) is 0.819. The third-order valence-corrected chi connectivity index (χ3v) is 1.49. The Morgan fingerprint density at radius 2 is 1.86 bits per heavy atom. The summed E-state index contributed by atoms with van der Waals surface area (Å²) in [5.41, 5.74) is 1.41. The van der Waals surface area contributed by atoms with Crippen LogP contribution in [0.4, 0.5) is 0 Å². The van der Waals surface area contributed by atoms with E-state index in [1.54, 1.807) is 6.92 Å². The maximum Gasteiger partial charge on any atom is 0.294 e. The summed E-state index contributed by atoms with van der Waals surface area (Å²) < 4.78 is 0. The summed E-state index contributed by atoms with van der Waals surface area (Å²) in [6.45, 7) is 3.85. The Bertz CT molecular complexity index is 249. The highest BCUT2D eigenvalue weighted by Crippen LogP contribution is 1.96. The molecule has 0 aliphatic carbocycles. The summed E-state index contributed by atoms with van der Waals surface area (Å²) in [6.07, 6.45) is 1.14. The van der Waals surface area contributed by atoms with Gasteiger partial charge in [0.05, 0.1) is 6.61 Å². The van der Waals surface area contributed by atoms with Gasteiger partial charge >= 0.3 is 0 Å². The molecule has 4 heteroatoms. The Kier molecular flexibility index (Phi) is 7.13. The molecule has 0 heterocycles. The third-order valence-electron chi connectivity index (χ3n) is 1.49. The molecule has 0 bridgehead atoms. The molecule has 0 N–H and O–H groups in total. The first-order valence-corrected chi connectivity index (χ1v) is 4.51. The van der Waals surface area contributed by atoms with Gasteiger partial charge in [0.25, 0.3) is 5.09 Å². The van der Waals surface area contributed by atoms with Crippen molar-refractivity contribution in [2.45, 2.75) is 20.3 Å². The van der Waals surface area contributed by atoms with Gasteiger partial charge in [0.1, 0.15) is 0 Å². The molecular formula is C10H15NO3. The fraction of sp³-hybridized carbons (Fsp3) is 0.400. The van der Waals surface area contributed by atoms with Crippen molar-refractivity contribution in [3.8, 4) is 0 Å². The van der Waals surface area contributed by atoms with Gasteiger partial charge < -0.3 is 4.84 Å². The zero-order chi connectivity index (χ0) is 10.8. The summed E-state index contributed by atoms with van der Waals surface area (Å²) in [4.78, 5) is 12.9. The van der Waals surface area contributed by atoms with Gasteiger partial charge in [-0.2, -0.15) is 0 Å². The van der Waals surface area contributed by atoms with Crippen molar-refractivity contribution in [2.75, 3.05) is 6.61 Å². The van der Waals surface area contributed by atoms with E-state index in [1.165, 1.54) is 5.56 Å². The smallest absolute Gasteiger partial charge is 0.294 e. The van der Waals surface area contributed by atoms with E-state index in [9.17, 15) is 10.1 Å². The number of hydrogen-bond acceptors (Lipinski definition) is 3. The van der Waals surface area contributed by atoms with Crippen LogP contribution in [0.5, 0.6) is 0 Å². The molecule has 0 unspecified atom stereocenters. The van der Waals surface area contributed by atoms with Gasteiger partial charge in [0, 0.05) is 0 Å². The zero-order valence-corrected chi connectivity index (χ0v) is 8.47. The van der Waals surface area contributed by atoms with E-state index < -0.39 is 5.09 Å². The maximum atomic E-state index is 9.18. The lowest BCUT2D eigenvalue weighted by molar-refractivity contribution is -0.756. The first kappa shape index (κ1) is 12.4. The second kappa shape index (κ2) is 8.04. The summed E-state index contributed by atoms with van der Waals surface area (Å²) in [5.74, 6) is 0.